The van der Waals surface area contributed by atoms with Crippen LogP contribution in [0.1, 0.15) is 40.0 Å². The fourth-order valence-corrected chi connectivity index (χ4v) is 3.35. The molecule has 1 N–H and O–H groups in total. The highest BCUT2D eigenvalue weighted by Crippen LogP contribution is 2.38. The standard InChI is InChI=1S/C16H16N2O/c1-9-6-7-11-13(19)8-17-16-10-4-2-3-5-12(10)18-15(9)14(11)16/h6-7,17H,2-5,8H2,1H3. The van der Waals surface area contributed by atoms with Gasteiger partial charge in [-0.15, -0.1) is 0 Å². The number of hydrogen-bond acceptors (Lipinski definition) is 3. The van der Waals surface area contributed by atoms with Gasteiger partial charge in [0, 0.05) is 22.3 Å². The number of ketones is 1. The van der Waals surface area contributed by atoms with E-state index >= 15 is 0 Å². The van der Waals surface area contributed by atoms with Gasteiger partial charge in [0.2, 0.25) is 0 Å². The molecule has 2 heterocycles. The molecule has 3 heteroatoms. The third-order valence-electron chi connectivity index (χ3n) is 4.34. The van der Waals surface area contributed by atoms with E-state index in [1.807, 2.05) is 12.1 Å². The van der Waals surface area contributed by atoms with Crippen molar-refractivity contribution in [2.75, 3.05) is 11.9 Å². The minimum atomic E-state index is 0.176. The van der Waals surface area contributed by atoms with Crippen LogP contribution in [0.5, 0.6) is 0 Å². The van der Waals surface area contributed by atoms with E-state index in [1.165, 1.54) is 29.8 Å². The first-order valence-electron chi connectivity index (χ1n) is 6.98. The molecule has 1 aliphatic carbocycles. The Labute approximate surface area is 112 Å². The Hall–Kier alpha value is -1.90. The Kier molecular flexibility index (Phi) is 2.19. The monoisotopic (exact) mass is 252 g/mol. The van der Waals surface area contributed by atoms with Crippen LogP contribution in [-0.4, -0.2) is 17.3 Å². The van der Waals surface area contributed by atoms with Crippen LogP contribution in [-0.2, 0) is 12.8 Å². The smallest absolute Gasteiger partial charge is 0.182 e. The second kappa shape index (κ2) is 3.80. The molecule has 1 aromatic heterocycles. The lowest BCUT2D eigenvalue weighted by Gasteiger charge is -2.26. The Morgan fingerprint density at radius 3 is 2.95 bits per heavy atom. The summed E-state index contributed by atoms with van der Waals surface area (Å²) in [6, 6.07) is 3.98. The number of aromatic nitrogens is 1. The van der Waals surface area contributed by atoms with Crippen molar-refractivity contribution in [1.29, 1.82) is 0 Å². The third-order valence-corrected chi connectivity index (χ3v) is 4.34. The molecule has 19 heavy (non-hydrogen) atoms. The molecule has 0 amide bonds. The van der Waals surface area contributed by atoms with Gasteiger partial charge < -0.3 is 5.32 Å². The van der Waals surface area contributed by atoms with Crippen LogP contribution >= 0.6 is 0 Å². The van der Waals surface area contributed by atoms with Crippen molar-refractivity contribution in [1.82, 2.24) is 4.98 Å². The molecule has 0 atom stereocenters. The molecule has 0 saturated carbocycles. The summed E-state index contributed by atoms with van der Waals surface area (Å²) in [7, 11) is 0. The summed E-state index contributed by atoms with van der Waals surface area (Å²) in [6.45, 7) is 2.49. The number of nitrogens with zero attached hydrogens (tertiary/aromatic N) is 1. The molecule has 3 nitrogen and oxygen atoms in total. The zero-order valence-electron chi connectivity index (χ0n) is 11.0. The topological polar surface area (TPSA) is 42.0 Å². The normalized spacial score (nSPS) is 17.2. The van der Waals surface area contributed by atoms with E-state index in [4.69, 9.17) is 4.98 Å². The van der Waals surface area contributed by atoms with Crippen molar-refractivity contribution in [3.05, 3.63) is 34.5 Å². The quantitative estimate of drug-likeness (QED) is 0.783. The Morgan fingerprint density at radius 1 is 1.21 bits per heavy atom. The third kappa shape index (κ3) is 1.44. The van der Waals surface area contributed by atoms with Crippen LogP contribution in [0, 0.1) is 6.92 Å². The highest BCUT2D eigenvalue weighted by atomic mass is 16.1. The SMILES string of the molecule is Cc1ccc2c3c(c4c(nc13)CCCC4)NCC2=O. The number of pyridine rings is 1. The molecule has 0 unspecified atom stereocenters. The number of benzene rings is 1. The van der Waals surface area contributed by atoms with Crippen LogP contribution in [0.4, 0.5) is 5.69 Å². The first-order chi connectivity index (χ1) is 9.25. The minimum absolute atomic E-state index is 0.176. The van der Waals surface area contributed by atoms with Crippen molar-refractivity contribution < 1.29 is 4.79 Å². The number of carbonyl (C=O) groups is 1. The average molecular weight is 252 g/mol. The number of rotatable bonds is 0. The van der Waals surface area contributed by atoms with Crippen molar-refractivity contribution in [2.24, 2.45) is 0 Å². The average Bonchev–Trinajstić information content (AvgIpc) is 2.44. The summed E-state index contributed by atoms with van der Waals surface area (Å²) in [5, 5.41) is 4.40. The fraction of sp³-hybridized carbons (Fsp3) is 0.375. The molecule has 0 spiro atoms. The molecule has 0 fully saturated rings. The van der Waals surface area contributed by atoms with Gasteiger partial charge in [-0.25, -0.2) is 0 Å². The summed E-state index contributed by atoms with van der Waals surface area (Å²) in [5.41, 5.74) is 6.76. The number of aryl methyl sites for hydroxylation is 2. The van der Waals surface area contributed by atoms with Crippen LogP contribution in [0.15, 0.2) is 12.1 Å². The first kappa shape index (κ1) is 11.0. The highest BCUT2D eigenvalue weighted by molar-refractivity contribution is 6.17. The van der Waals surface area contributed by atoms with Crippen molar-refractivity contribution in [3.63, 3.8) is 0 Å². The first-order valence-corrected chi connectivity index (χ1v) is 6.98. The molecular formula is C16H16N2O. The Morgan fingerprint density at radius 2 is 2.05 bits per heavy atom. The van der Waals surface area contributed by atoms with E-state index in [0.29, 0.717) is 6.54 Å². The molecular weight excluding hydrogens is 236 g/mol. The lowest BCUT2D eigenvalue weighted by Crippen LogP contribution is -2.23. The van der Waals surface area contributed by atoms with E-state index < -0.39 is 0 Å². The lowest BCUT2D eigenvalue weighted by molar-refractivity contribution is 0.101. The van der Waals surface area contributed by atoms with E-state index in [-0.39, 0.29) is 5.78 Å². The van der Waals surface area contributed by atoms with Gasteiger partial charge in [0.25, 0.3) is 0 Å². The number of hydrogen-bond donors (Lipinski definition) is 1. The predicted molar refractivity (Wildman–Crippen MR) is 75.9 cm³/mol. The largest absolute Gasteiger partial charge is 0.377 e. The fourth-order valence-electron chi connectivity index (χ4n) is 3.35. The number of nitrogens with one attached hydrogen (secondary N) is 1. The zero-order chi connectivity index (χ0) is 13.0. The molecule has 2 aromatic rings. The second-order valence-corrected chi connectivity index (χ2v) is 5.55. The molecule has 1 aliphatic heterocycles. The summed E-state index contributed by atoms with van der Waals surface area (Å²) < 4.78 is 0. The van der Waals surface area contributed by atoms with Crippen LogP contribution in [0.2, 0.25) is 0 Å². The van der Waals surface area contributed by atoms with Gasteiger partial charge in [-0.1, -0.05) is 12.1 Å². The van der Waals surface area contributed by atoms with Crippen LogP contribution in [0.3, 0.4) is 0 Å². The number of fused-ring (bicyclic) bond motifs is 2. The minimum Gasteiger partial charge on any atom is -0.377 e. The molecule has 96 valence electrons. The van der Waals surface area contributed by atoms with Gasteiger partial charge in [-0.3, -0.25) is 9.78 Å². The van der Waals surface area contributed by atoms with Gasteiger partial charge in [0.1, 0.15) is 0 Å². The van der Waals surface area contributed by atoms with Gasteiger partial charge >= 0.3 is 0 Å². The predicted octanol–water partition coefficient (Wildman–Crippen LogP) is 3.03. The maximum atomic E-state index is 12.1. The van der Waals surface area contributed by atoms with Gasteiger partial charge in [0.15, 0.2) is 5.78 Å². The van der Waals surface area contributed by atoms with E-state index in [9.17, 15) is 4.79 Å². The van der Waals surface area contributed by atoms with E-state index in [2.05, 4.69) is 12.2 Å². The maximum absolute atomic E-state index is 12.1. The van der Waals surface area contributed by atoms with Gasteiger partial charge in [0.05, 0.1) is 12.1 Å². The van der Waals surface area contributed by atoms with Crippen molar-refractivity contribution in [3.8, 4) is 0 Å². The van der Waals surface area contributed by atoms with Crippen LogP contribution in [0.25, 0.3) is 10.9 Å². The number of anilines is 1. The van der Waals surface area contributed by atoms with E-state index in [1.54, 1.807) is 0 Å². The zero-order valence-corrected chi connectivity index (χ0v) is 11.0. The maximum Gasteiger partial charge on any atom is 0.182 e. The highest BCUT2D eigenvalue weighted by Gasteiger charge is 2.25. The van der Waals surface area contributed by atoms with E-state index in [0.717, 1.165) is 34.9 Å². The molecule has 0 bridgehead atoms. The Bertz CT molecular complexity index is 718. The number of carbonyl (C=O) groups excluding carboxylic acids is 1. The summed E-state index contributed by atoms with van der Waals surface area (Å²) in [5.74, 6) is 0.176. The van der Waals surface area contributed by atoms with Gasteiger partial charge in [-0.05, 0) is 43.7 Å². The molecule has 0 radical (unpaired) electrons. The second-order valence-electron chi connectivity index (χ2n) is 5.55. The summed E-state index contributed by atoms with van der Waals surface area (Å²) in [4.78, 5) is 16.9. The summed E-state index contributed by atoms with van der Waals surface area (Å²) >= 11 is 0. The number of Topliss-reactive ketones (excluding diaryl/α,β-unsaturated/α-hetero) is 1. The lowest BCUT2D eigenvalue weighted by atomic mass is 9.88. The van der Waals surface area contributed by atoms with Crippen molar-refractivity contribution in [2.45, 2.75) is 32.6 Å². The van der Waals surface area contributed by atoms with Gasteiger partial charge in [-0.2, -0.15) is 0 Å². The molecule has 4 rings (SSSR count). The molecule has 1 aromatic carbocycles. The summed E-state index contributed by atoms with van der Waals surface area (Å²) in [6.07, 6.45) is 4.60. The Balaban J connectivity index is 2.17. The van der Waals surface area contributed by atoms with Crippen molar-refractivity contribution >= 4 is 22.4 Å². The molecule has 0 saturated heterocycles. The van der Waals surface area contributed by atoms with Crippen LogP contribution < -0.4 is 5.32 Å². The molecule has 2 aliphatic rings.